The number of nitrogens with zero attached hydrogens (tertiary/aromatic N) is 3. The number of hydrogen-bond donors (Lipinski definition) is 0. The minimum Gasteiger partial charge on any atom is -0.336 e. The molecule has 2 heterocycles. The molecule has 0 aliphatic carbocycles. The SMILES string of the molecule is CN(Cc1cc(Cl)ccn1)C(=O)c1ccc2ncsc2c1. The van der Waals surface area contributed by atoms with Crippen molar-refractivity contribution in [2.45, 2.75) is 6.54 Å². The molecule has 0 fully saturated rings. The number of rotatable bonds is 3. The number of amides is 1. The number of benzene rings is 1. The largest absolute Gasteiger partial charge is 0.336 e. The van der Waals surface area contributed by atoms with Crippen LogP contribution in [0, 0.1) is 0 Å². The first-order chi connectivity index (χ1) is 10.1. The van der Waals surface area contributed by atoms with Gasteiger partial charge in [-0.3, -0.25) is 9.78 Å². The monoisotopic (exact) mass is 317 g/mol. The number of hydrogen-bond acceptors (Lipinski definition) is 4. The zero-order valence-electron chi connectivity index (χ0n) is 11.3. The smallest absolute Gasteiger partial charge is 0.253 e. The number of fused-ring (bicyclic) bond motifs is 1. The Hall–Kier alpha value is -1.98. The lowest BCUT2D eigenvalue weighted by Crippen LogP contribution is -2.26. The van der Waals surface area contributed by atoms with Crippen LogP contribution in [0.15, 0.2) is 42.0 Å². The minimum absolute atomic E-state index is 0.0490. The van der Waals surface area contributed by atoms with Gasteiger partial charge in [0.25, 0.3) is 5.91 Å². The summed E-state index contributed by atoms with van der Waals surface area (Å²) in [5, 5.41) is 0.618. The van der Waals surface area contributed by atoms with Gasteiger partial charge >= 0.3 is 0 Å². The molecule has 0 unspecified atom stereocenters. The van der Waals surface area contributed by atoms with Crippen LogP contribution >= 0.6 is 22.9 Å². The molecule has 0 N–H and O–H groups in total. The van der Waals surface area contributed by atoms with Gasteiger partial charge in [0, 0.05) is 23.8 Å². The van der Waals surface area contributed by atoms with Gasteiger partial charge in [-0.2, -0.15) is 0 Å². The summed E-state index contributed by atoms with van der Waals surface area (Å²) in [7, 11) is 1.75. The van der Waals surface area contributed by atoms with Crippen LogP contribution < -0.4 is 0 Å². The van der Waals surface area contributed by atoms with E-state index in [0.717, 1.165) is 15.9 Å². The Morgan fingerprint density at radius 1 is 1.29 bits per heavy atom. The second-order valence-electron chi connectivity index (χ2n) is 4.66. The van der Waals surface area contributed by atoms with E-state index in [1.807, 2.05) is 12.1 Å². The van der Waals surface area contributed by atoms with Crippen molar-refractivity contribution in [3.05, 3.63) is 58.3 Å². The number of thiazole rings is 1. The molecule has 2 aromatic heterocycles. The Morgan fingerprint density at radius 3 is 2.95 bits per heavy atom. The molecular formula is C15H12ClN3OS. The van der Waals surface area contributed by atoms with Crippen molar-refractivity contribution in [3.8, 4) is 0 Å². The van der Waals surface area contributed by atoms with Crippen LogP contribution in [0.5, 0.6) is 0 Å². The van der Waals surface area contributed by atoms with E-state index >= 15 is 0 Å². The lowest BCUT2D eigenvalue weighted by Gasteiger charge is -2.16. The maximum absolute atomic E-state index is 12.4. The Labute approximate surface area is 131 Å². The molecular weight excluding hydrogens is 306 g/mol. The van der Waals surface area contributed by atoms with Gasteiger partial charge in [0.1, 0.15) is 0 Å². The molecule has 0 bridgehead atoms. The minimum atomic E-state index is -0.0490. The van der Waals surface area contributed by atoms with Crippen molar-refractivity contribution in [3.63, 3.8) is 0 Å². The molecule has 0 saturated carbocycles. The van der Waals surface area contributed by atoms with Gasteiger partial charge in [0.15, 0.2) is 0 Å². The number of aromatic nitrogens is 2. The molecule has 3 aromatic rings. The van der Waals surface area contributed by atoms with Crippen molar-refractivity contribution >= 4 is 39.1 Å². The van der Waals surface area contributed by atoms with E-state index in [0.29, 0.717) is 17.1 Å². The summed E-state index contributed by atoms with van der Waals surface area (Å²) in [6.45, 7) is 0.417. The molecule has 4 nitrogen and oxygen atoms in total. The van der Waals surface area contributed by atoms with Gasteiger partial charge in [-0.15, -0.1) is 11.3 Å². The zero-order valence-corrected chi connectivity index (χ0v) is 12.9. The lowest BCUT2D eigenvalue weighted by molar-refractivity contribution is 0.0783. The molecule has 0 atom stereocenters. The number of carbonyl (C=O) groups excluding carboxylic acids is 1. The third-order valence-electron chi connectivity index (χ3n) is 3.10. The van der Waals surface area contributed by atoms with E-state index < -0.39 is 0 Å². The van der Waals surface area contributed by atoms with Gasteiger partial charge in [-0.25, -0.2) is 4.98 Å². The Morgan fingerprint density at radius 2 is 2.14 bits per heavy atom. The van der Waals surface area contributed by atoms with Crippen molar-refractivity contribution in [2.24, 2.45) is 0 Å². The summed E-state index contributed by atoms with van der Waals surface area (Å²) < 4.78 is 1.01. The predicted octanol–water partition coefficient (Wildman–Crippen LogP) is 3.62. The Kier molecular flexibility index (Phi) is 3.86. The second kappa shape index (κ2) is 5.79. The third-order valence-corrected chi connectivity index (χ3v) is 4.13. The quantitative estimate of drug-likeness (QED) is 0.741. The highest BCUT2D eigenvalue weighted by Crippen LogP contribution is 2.20. The fourth-order valence-corrected chi connectivity index (χ4v) is 2.96. The lowest BCUT2D eigenvalue weighted by atomic mass is 10.2. The predicted molar refractivity (Wildman–Crippen MR) is 84.7 cm³/mol. The molecule has 1 amide bonds. The van der Waals surface area contributed by atoms with E-state index in [4.69, 9.17) is 11.6 Å². The summed E-state index contributed by atoms with van der Waals surface area (Å²) in [5.74, 6) is -0.0490. The van der Waals surface area contributed by atoms with Gasteiger partial charge in [0.05, 0.1) is 28.0 Å². The fourth-order valence-electron chi connectivity index (χ4n) is 2.06. The van der Waals surface area contributed by atoms with Crippen LogP contribution in [0.1, 0.15) is 16.1 Å². The van der Waals surface area contributed by atoms with Crippen molar-refractivity contribution in [1.82, 2.24) is 14.9 Å². The average molecular weight is 318 g/mol. The normalized spacial score (nSPS) is 10.8. The topological polar surface area (TPSA) is 46.1 Å². The summed E-state index contributed by atoms with van der Waals surface area (Å²) in [4.78, 5) is 22.5. The van der Waals surface area contributed by atoms with E-state index in [2.05, 4.69) is 9.97 Å². The molecule has 0 aliphatic heterocycles. The third kappa shape index (κ3) is 3.04. The fraction of sp³-hybridized carbons (Fsp3) is 0.133. The molecule has 0 radical (unpaired) electrons. The van der Waals surface area contributed by atoms with E-state index in [1.54, 1.807) is 41.9 Å². The standard InChI is InChI=1S/C15H12ClN3OS/c1-19(8-12-7-11(16)4-5-17-12)15(20)10-2-3-13-14(6-10)21-9-18-13/h2-7,9H,8H2,1H3. The van der Waals surface area contributed by atoms with Crippen molar-refractivity contribution in [1.29, 1.82) is 0 Å². The molecule has 0 aliphatic rings. The van der Waals surface area contributed by atoms with Crippen LogP contribution in [-0.4, -0.2) is 27.8 Å². The molecule has 0 saturated heterocycles. The molecule has 106 valence electrons. The molecule has 1 aromatic carbocycles. The van der Waals surface area contributed by atoms with E-state index in [9.17, 15) is 4.79 Å². The highest BCUT2D eigenvalue weighted by Gasteiger charge is 2.13. The molecule has 6 heteroatoms. The van der Waals surface area contributed by atoms with Crippen LogP contribution in [0.25, 0.3) is 10.2 Å². The maximum Gasteiger partial charge on any atom is 0.253 e. The number of halogens is 1. The summed E-state index contributed by atoms with van der Waals surface area (Å²) >= 11 is 7.45. The summed E-state index contributed by atoms with van der Waals surface area (Å²) in [5.41, 5.74) is 4.10. The van der Waals surface area contributed by atoms with E-state index in [-0.39, 0.29) is 5.91 Å². The van der Waals surface area contributed by atoms with Gasteiger partial charge in [-0.1, -0.05) is 11.6 Å². The van der Waals surface area contributed by atoms with Gasteiger partial charge < -0.3 is 4.90 Å². The number of pyridine rings is 1. The second-order valence-corrected chi connectivity index (χ2v) is 5.98. The molecule has 0 spiro atoms. The number of carbonyl (C=O) groups is 1. The summed E-state index contributed by atoms with van der Waals surface area (Å²) in [6.07, 6.45) is 1.64. The first-order valence-corrected chi connectivity index (χ1v) is 7.58. The first kappa shape index (κ1) is 14.0. The van der Waals surface area contributed by atoms with Gasteiger partial charge in [-0.05, 0) is 30.3 Å². The molecule has 21 heavy (non-hydrogen) atoms. The van der Waals surface area contributed by atoms with Crippen molar-refractivity contribution in [2.75, 3.05) is 7.05 Å². The van der Waals surface area contributed by atoms with Crippen LogP contribution in [0.2, 0.25) is 5.02 Å². The van der Waals surface area contributed by atoms with Crippen LogP contribution in [0.4, 0.5) is 0 Å². The van der Waals surface area contributed by atoms with Gasteiger partial charge in [0.2, 0.25) is 0 Å². The maximum atomic E-state index is 12.4. The van der Waals surface area contributed by atoms with Crippen molar-refractivity contribution < 1.29 is 4.79 Å². The highest BCUT2D eigenvalue weighted by molar-refractivity contribution is 7.16. The molecule has 3 rings (SSSR count). The first-order valence-electron chi connectivity index (χ1n) is 6.32. The Bertz CT molecular complexity index is 802. The highest BCUT2D eigenvalue weighted by atomic mass is 35.5. The van der Waals surface area contributed by atoms with Crippen LogP contribution in [-0.2, 0) is 6.54 Å². The Balaban J connectivity index is 1.80. The van der Waals surface area contributed by atoms with Crippen LogP contribution in [0.3, 0.4) is 0 Å². The average Bonchev–Trinajstić information content (AvgIpc) is 2.93. The zero-order chi connectivity index (χ0) is 14.8. The van der Waals surface area contributed by atoms with E-state index in [1.165, 1.54) is 11.3 Å². The summed E-state index contributed by atoms with van der Waals surface area (Å²) in [6, 6.07) is 9.01.